The van der Waals surface area contributed by atoms with Gasteiger partial charge in [-0.1, -0.05) is 13.0 Å². The lowest BCUT2D eigenvalue weighted by atomic mass is 9.96. The van der Waals surface area contributed by atoms with E-state index < -0.39 is 0 Å². The van der Waals surface area contributed by atoms with E-state index in [2.05, 4.69) is 11.1 Å². The van der Waals surface area contributed by atoms with Crippen LogP contribution in [0.25, 0.3) is 5.57 Å². The number of rotatable bonds is 6. The predicted molar refractivity (Wildman–Crippen MR) is 128 cm³/mol. The highest BCUT2D eigenvalue weighted by Gasteiger charge is 2.35. The third kappa shape index (κ3) is 5.28. The number of allylic oxidation sites excluding steroid dienone is 2. The number of pyridine rings is 1. The number of hydrogen-bond donors (Lipinski definition) is 1. The Bertz CT molecular complexity index is 927. The fourth-order valence-corrected chi connectivity index (χ4v) is 5.04. The zero-order valence-electron chi connectivity index (χ0n) is 20.5. The van der Waals surface area contributed by atoms with Gasteiger partial charge in [-0.2, -0.15) is 0 Å². The molecule has 1 aromatic rings. The van der Waals surface area contributed by atoms with Crippen molar-refractivity contribution in [3.8, 4) is 5.88 Å². The van der Waals surface area contributed by atoms with Crippen LogP contribution in [0.5, 0.6) is 5.88 Å². The number of aliphatic hydroxyl groups excluding tert-OH is 1. The molecule has 3 aliphatic rings. The first-order chi connectivity index (χ1) is 16.4. The summed E-state index contributed by atoms with van der Waals surface area (Å²) >= 11 is 0. The molecule has 0 saturated carbocycles. The molecular weight excluding hydrogens is 434 g/mol. The number of nitrogens with zero attached hydrogens (tertiary/aromatic N) is 3. The first kappa shape index (κ1) is 24.7. The third-order valence-electron chi connectivity index (χ3n) is 7.33. The van der Waals surface area contributed by atoms with Gasteiger partial charge in [-0.05, 0) is 56.2 Å². The summed E-state index contributed by atoms with van der Waals surface area (Å²) in [7, 11) is 1.82. The van der Waals surface area contributed by atoms with Crippen molar-refractivity contribution in [2.75, 3.05) is 40.0 Å². The maximum atomic E-state index is 13.5. The molecule has 3 heterocycles. The van der Waals surface area contributed by atoms with Gasteiger partial charge in [0.1, 0.15) is 11.7 Å². The molecule has 4 rings (SSSR count). The van der Waals surface area contributed by atoms with Gasteiger partial charge in [0.15, 0.2) is 0 Å². The average Bonchev–Trinajstić information content (AvgIpc) is 3.40. The summed E-state index contributed by atoms with van der Waals surface area (Å²) in [5, 5.41) is 9.84. The van der Waals surface area contributed by atoms with E-state index in [0.29, 0.717) is 37.7 Å². The van der Waals surface area contributed by atoms with Crippen LogP contribution in [0, 0.1) is 11.8 Å². The molecule has 3 atom stereocenters. The summed E-state index contributed by atoms with van der Waals surface area (Å²) in [6, 6.07) is 1.54. The van der Waals surface area contributed by atoms with Crippen molar-refractivity contribution in [2.24, 2.45) is 11.8 Å². The minimum Gasteiger partial charge on any atom is -0.472 e. The molecule has 1 saturated heterocycles. The van der Waals surface area contributed by atoms with Crippen molar-refractivity contribution in [3.63, 3.8) is 0 Å². The van der Waals surface area contributed by atoms with E-state index in [1.54, 1.807) is 16.0 Å². The fraction of sp³-hybridized carbons (Fsp3) is 0.654. The smallest absolute Gasteiger partial charge is 0.259 e. The second-order valence-electron chi connectivity index (χ2n) is 9.93. The summed E-state index contributed by atoms with van der Waals surface area (Å²) < 4.78 is 11.7. The van der Waals surface area contributed by atoms with Crippen molar-refractivity contribution in [2.45, 2.75) is 58.1 Å². The number of fused-ring (bicyclic) bond motifs is 1. The molecule has 8 heteroatoms. The maximum Gasteiger partial charge on any atom is 0.259 e. The molecule has 1 aromatic heterocycles. The highest BCUT2D eigenvalue weighted by molar-refractivity contribution is 5.97. The molecular formula is C26H37N3O5. The number of carbonyl (C=O) groups excluding carboxylic acids is 2. The Labute approximate surface area is 201 Å². The Kier molecular flexibility index (Phi) is 7.88. The van der Waals surface area contributed by atoms with E-state index in [1.165, 1.54) is 5.57 Å². The highest BCUT2D eigenvalue weighted by atomic mass is 16.5. The van der Waals surface area contributed by atoms with Crippen molar-refractivity contribution in [3.05, 3.63) is 29.5 Å². The van der Waals surface area contributed by atoms with Gasteiger partial charge in [0.05, 0.1) is 19.2 Å². The lowest BCUT2D eigenvalue weighted by Crippen LogP contribution is -2.51. The molecule has 34 heavy (non-hydrogen) atoms. The number of amides is 2. The Hall–Kier alpha value is -2.45. The van der Waals surface area contributed by atoms with E-state index in [4.69, 9.17) is 9.47 Å². The lowest BCUT2D eigenvalue weighted by molar-refractivity contribution is -0.138. The highest BCUT2D eigenvalue weighted by Crippen LogP contribution is 2.32. The lowest BCUT2D eigenvalue weighted by Gasteiger charge is -2.38. The summed E-state index contributed by atoms with van der Waals surface area (Å²) in [4.78, 5) is 34.6. The topological polar surface area (TPSA) is 92.2 Å². The fourth-order valence-electron chi connectivity index (χ4n) is 5.04. The Morgan fingerprint density at radius 3 is 2.79 bits per heavy atom. The van der Waals surface area contributed by atoms with Crippen molar-refractivity contribution in [1.29, 1.82) is 0 Å². The largest absolute Gasteiger partial charge is 0.472 e. The summed E-state index contributed by atoms with van der Waals surface area (Å²) in [5.74, 6) is 0.139. The molecule has 0 unspecified atom stereocenters. The number of carbonyl (C=O) groups is 2. The number of ether oxygens (including phenoxy) is 2. The predicted octanol–water partition coefficient (Wildman–Crippen LogP) is 2.75. The summed E-state index contributed by atoms with van der Waals surface area (Å²) in [6.45, 7) is 5.81. The molecule has 1 aliphatic carbocycles. The van der Waals surface area contributed by atoms with E-state index in [9.17, 15) is 14.7 Å². The number of likely N-dealkylation sites (N-methyl/N-ethyl adjacent to an activating group) is 1. The molecule has 2 aliphatic heterocycles. The van der Waals surface area contributed by atoms with Gasteiger partial charge in [-0.15, -0.1) is 0 Å². The van der Waals surface area contributed by atoms with Crippen LogP contribution >= 0.6 is 0 Å². The number of aromatic nitrogens is 1. The summed E-state index contributed by atoms with van der Waals surface area (Å²) in [6.07, 6.45) is 8.25. The van der Waals surface area contributed by atoms with Gasteiger partial charge < -0.3 is 24.4 Å². The molecule has 0 bridgehead atoms. The van der Waals surface area contributed by atoms with Crippen LogP contribution in [0.3, 0.4) is 0 Å². The standard InChI is InChI=1S/C26H37N3O5/c1-17-14-29(18(2)16-30)26(32)22-12-21(19-6-4-5-7-19)13-27-24(22)34-23(17)15-28(3)25(31)20-8-10-33-11-9-20/h6,12-13,17-18,20,23,30H,4-5,7-11,14-16H2,1-3H3/t17-,18+,23+/m1/s1. The van der Waals surface area contributed by atoms with Gasteiger partial charge in [0.2, 0.25) is 11.8 Å². The Morgan fingerprint density at radius 1 is 1.35 bits per heavy atom. The van der Waals surface area contributed by atoms with Crippen LogP contribution in [0.15, 0.2) is 18.3 Å². The van der Waals surface area contributed by atoms with E-state index in [-0.39, 0.29) is 42.4 Å². The van der Waals surface area contributed by atoms with Gasteiger partial charge in [-0.25, -0.2) is 4.98 Å². The number of aliphatic hydroxyl groups is 1. The third-order valence-corrected chi connectivity index (χ3v) is 7.33. The molecule has 8 nitrogen and oxygen atoms in total. The molecule has 186 valence electrons. The second-order valence-corrected chi connectivity index (χ2v) is 9.93. The SMILES string of the molecule is C[C@@H]1CN([C@@H](C)CO)C(=O)c2cc(C3=CCCC3)cnc2O[C@H]1CN(C)C(=O)C1CCOCC1. The van der Waals surface area contributed by atoms with Crippen LogP contribution in [-0.2, 0) is 9.53 Å². The minimum atomic E-state index is -0.336. The molecule has 0 radical (unpaired) electrons. The van der Waals surface area contributed by atoms with Gasteiger partial charge >= 0.3 is 0 Å². The van der Waals surface area contributed by atoms with Gasteiger partial charge in [0, 0.05) is 44.8 Å². The zero-order chi connectivity index (χ0) is 24.2. The molecule has 0 aromatic carbocycles. The normalized spacial score (nSPS) is 24.5. The Balaban J connectivity index is 1.61. The van der Waals surface area contributed by atoms with E-state index in [0.717, 1.165) is 37.7 Å². The molecule has 0 spiro atoms. The molecule has 1 N–H and O–H groups in total. The van der Waals surface area contributed by atoms with Gasteiger partial charge in [-0.3, -0.25) is 9.59 Å². The van der Waals surface area contributed by atoms with E-state index in [1.807, 2.05) is 27.0 Å². The van der Waals surface area contributed by atoms with Crippen molar-refractivity contribution >= 4 is 17.4 Å². The first-order valence-corrected chi connectivity index (χ1v) is 12.5. The number of hydrogen-bond acceptors (Lipinski definition) is 6. The van der Waals surface area contributed by atoms with Crippen molar-refractivity contribution < 1.29 is 24.2 Å². The van der Waals surface area contributed by atoms with Crippen LogP contribution in [0.1, 0.15) is 61.9 Å². The maximum absolute atomic E-state index is 13.5. The molecule has 2 amide bonds. The van der Waals surface area contributed by atoms with Crippen LogP contribution in [-0.4, -0.2) is 83.8 Å². The van der Waals surface area contributed by atoms with Crippen LogP contribution in [0.2, 0.25) is 0 Å². The minimum absolute atomic E-state index is 0.0252. The van der Waals surface area contributed by atoms with Crippen LogP contribution in [0.4, 0.5) is 0 Å². The quantitative estimate of drug-likeness (QED) is 0.686. The first-order valence-electron chi connectivity index (χ1n) is 12.5. The van der Waals surface area contributed by atoms with Crippen molar-refractivity contribution in [1.82, 2.24) is 14.8 Å². The van der Waals surface area contributed by atoms with Gasteiger partial charge in [0.25, 0.3) is 5.91 Å². The zero-order valence-corrected chi connectivity index (χ0v) is 20.5. The molecule has 1 fully saturated rings. The Morgan fingerprint density at radius 2 is 2.12 bits per heavy atom. The van der Waals surface area contributed by atoms with E-state index >= 15 is 0 Å². The second kappa shape index (κ2) is 10.9. The monoisotopic (exact) mass is 471 g/mol. The average molecular weight is 472 g/mol. The summed E-state index contributed by atoms with van der Waals surface area (Å²) in [5.41, 5.74) is 2.57. The van der Waals surface area contributed by atoms with Crippen LogP contribution < -0.4 is 4.74 Å².